The highest BCUT2D eigenvalue weighted by Crippen LogP contribution is 2.15. The topological polar surface area (TPSA) is 183 Å². The van der Waals surface area contributed by atoms with Gasteiger partial charge < -0.3 is 31.7 Å². The average Bonchev–Trinajstić information content (AvgIpc) is 3.55. The summed E-state index contributed by atoms with van der Waals surface area (Å²) >= 11 is 1.41. The van der Waals surface area contributed by atoms with Crippen LogP contribution in [0.5, 0.6) is 0 Å². The summed E-state index contributed by atoms with van der Waals surface area (Å²) in [6.45, 7) is 1.69. The number of hydrogen-bond donors (Lipinski definition) is 6. The van der Waals surface area contributed by atoms with E-state index in [9.17, 15) is 33.9 Å². The Labute approximate surface area is 270 Å². The maximum absolute atomic E-state index is 13.5. The second kappa shape index (κ2) is 16.3. The second-order valence-corrected chi connectivity index (χ2v) is 12.0. The number of fused-ring (bicyclic) bond motifs is 18. The number of benzene rings is 2. The number of aliphatic carboxylic acids is 1. The van der Waals surface area contributed by atoms with E-state index in [1.165, 1.54) is 11.3 Å². The fourth-order valence-electron chi connectivity index (χ4n) is 4.95. The number of carbonyl (C=O) groups is 6. The Morgan fingerprint density at radius 2 is 1.37 bits per heavy atom. The van der Waals surface area contributed by atoms with Crippen LogP contribution in [0.15, 0.2) is 72.1 Å². The van der Waals surface area contributed by atoms with Crippen molar-refractivity contribution in [2.24, 2.45) is 0 Å². The normalized spacial score (nSPS) is 22.0. The summed E-state index contributed by atoms with van der Waals surface area (Å²) in [4.78, 5) is 79.0. The molecule has 0 spiro atoms. The molecule has 2 aromatic carbocycles. The SMILES string of the molecule is CCC1NC(=O)C(Cc2cccs2)NC(=O)CCC(=O)Nc2ccc(cc2)CC(C(=O)O)NC(=O)C(Cc2ccccc2)NC1=O. The van der Waals surface area contributed by atoms with E-state index in [0.29, 0.717) is 11.3 Å². The first-order chi connectivity index (χ1) is 22.1. The van der Waals surface area contributed by atoms with Crippen LogP contribution in [-0.4, -0.2) is 64.8 Å². The fourth-order valence-corrected chi connectivity index (χ4v) is 5.70. The average molecular weight is 648 g/mol. The first-order valence-electron chi connectivity index (χ1n) is 15.0. The van der Waals surface area contributed by atoms with Gasteiger partial charge in [0.2, 0.25) is 29.5 Å². The minimum atomic E-state index is -1.31. The Hall–Kier alpha value is -5.04. The highest BCUT2D eigenvalue weighted by Gasteiger charge is 2.31. The molecular formula is C33H37N5O7S. The molecule has 46 heavy (non-hydrogen) atoms. The fraction of sp³-hybridized carbons (Fsp3) is 0.333. The van der Waals surface area contributed by atoms with Gasteiger partial charge in [0.05, 0.1) is 0 Å². The molecule has 2 aliphatic rings. The number of carboxylic acid groups (broad SMARTS) is 1. The Morgan fingerprint density at radius 3 is 2.02 bits per heavy atom. The van der Waals surface area contributed by atoms with Crippen molar-refractivity contribution < 1.29 is 33.9 Å². The van der Waals surface area contributed by atoms with Gasteiger partial charge in [-0.05, 0) is 41.1 Å². The minimum Gasteiger partial charge on any atom is -0.480 e. The molecule has 13 heteroatoms. The van der Waals surface area contributed by atoms with Crippen molar-refractivity contribution in [3.05, 3.63) is 88.1 Å². The number of amides is 5. The molecule has 12 nitrogen and oxygen atoms in total. The first-order valence-corrected chi connectivity index (χ1v) is 15.9. The minimum absolute atomic E-state index is 0.0548. The maximum Gasteiger partial charge on any atom is 0.326 e. The van der Waals surface area contributed by atoms with E-state index >= 15 is 0 Å². The van der Waals surface area contributed by atoms with Crippen molar-refractivity contribution in [3.8, 4) is 0 Å². The lowest BCUT2D eigenvalue weighted by Gasteiger charge is -2.25. The molecule has 242 valence electrons. The van der Waals surface area contributed by atoms with Crippen LogP contribution in [0.25, 0.3) is 0 Å². The van der Waals surface area contributed by atoms with Gasteiger partial charge in [0.25, 0.3) is 0 Å². The zero-order valence-electron chi connectivity index (χ0n) is 25.3. The molecule has 2 aliphatic heterocycles. The largest absolute Gasteiger partial charge is 0.480 e. The molecule has 0 saturated heterocycles. The number of nitrogens with one attached hydrogen (secondary N) is 5. The van der Waals surface area contributed by atoms with Gasteiger partial charge in [-0.25, -0.2) is 4.79 Å². The van der Waals surface area contributed by atoms with Crippen LogP contribution in [0.4, 0.5) is 5.69 Å². The third-order valence-electron chi connectivity index (χ3n) is 7.47. The van der Waals surface area contributed by atoms with E-state index in [4.69, 9.17) is 0 Å². The van der Waals surface area contributed by atoms with Crippen LogP contribution >= 0.6 is 11.3 Å². The summed E-state index contributed by atoms with van der Waals surface area (Å²) in [6.07, 6.45) is 0.0371. The summed E-state index contributed by atoms with van der Waals surface area (Å²) in [5.41, 5.74) is 1.76. The smallest absolute Gasteiger partial charge is 0.326 e. The molecule has 0 fully saturated rings. The van der Waals surface area contributed by atoms with Crippen molar-refractivity contribution in [1.82, 2.24) is 21.3 Å². The number of carbonyl (C=O) groups excluding carboxylic acids is 5. The molecular weight excluding hydrogens is 610 g/mol. The van der Waals surface area contributed by atoms with E-state index in [1.807, 2.05) is 23.6 Å². The van der Waals surface area contributed by atoms with E-state index < -0.39 is 59.7 Å². The van der Waals surface area contributed by atoms with Gasteiger partial charge in [0, 0.05) is 42.7 Å². The van der Waals surface area contributed by atoms with Gasteiger partial charge >= 0.3 is 5.97 Å². The van der Waals surface area contributed by atoms with Gasteiger partial charge in [0.1, 0.15) is 24.2 Å². The lowest BCUT2D eigenvalue weighted by atomic mass is 10.0. The number of anilines is 1. The molecule has 0 aliphatic carbocycles. The first kappa shape index (κ1) is 33.8. The van der Waals surface area contributed by atoms with Crippen molar-refractivity contribution in [1.29, 1.82) is 0 Å². The molecule has 2 bridgehead atoms. The zero-order valence-corrected chi connectivity index (χ0v) is 26.1. The third kappa shape index (κ3) is 9.99. The van der Waals surface area contributed by atoms with Gasteiger partial charge in [0.15, 0.2) is 0 Å². The van der Waals surface area contributed by atoms with Crippen LogP contribution < -0.4 is 26.6 Å². The summed E-state index contributed by atoms with van der Waals surface area (Å²) in [7, 11) is 0. The quantitative estimate of drug-likeness (QED) is 0.221. The molecule has 1 aromatic heterocycles. The van der Waals surface area contributed by atoms with Crippen molar-refractivity contribution in [2.45, 2.75) is 69.6 Å². The molecule has 3 heterocycles. The summed E-state index contributed by atoms with van der Waals surface area (Å²) < 4.78 is 0. The monoisotopic (exact) mass is 647 g/mol. The molecule has 0 saturated carbocycles. The molecule has 6 N–H and O–H groups in total. The van der Waals surface area contributed by atoms with Crippen LogP contribution in [0.2, 0.25) is 0 Å². The van der Waals surface area contributed by atoms with Crippen LogP contribution in [0.1, 0.15) is 42.2 Å². The Bertz CT molecular complexity index is 1530. The molecule has 4 unspecified atom stereocenters. The summed E-state index contributed by atoms with van der Waals surface area (Å²) in [5.74, 6) is -4.14. The summed E-state index contributed by atoms with van der Waals surface area (Å²) in [6, 6.07) is 14.5. The highest BCUT2D eigenvalue weighted by atomic mass is 32.1. The Balaban J connectivity index is 1.64. The molecule has 0 radical (unpaired) electrons. The molecule has 3 aromatic rings. The highest BCUT2D eigenvalue weighted by molar-refractivity contribution is 7.09. The maximum atomic E-state index is 13.5. The van der Waals surface area contributed by atoms with Crippen molar-refractivity contribution in [2.75, 3.05) is 5.32 Å². The number of hydrogen-bond acceptors (Lipinski definition) is 7. The standard InChI is InChI=1S/C33H37N5O7S/c1-2-24-30(41)37-25(17-20-7-4-3-5-8-20)31(42)38-27(33(44)45)18-21-10-12-22(13-11-21)34-28(39)14-15-29(40)35-26(32(43)36-24)19-23-9-6-16-46-23/h3-13,16,24-27H,2,14-15,17-19H2,1H3,(H,34,39)(H,35,40)(H,36,43)(H,37,41)(H,38,42)(H,44,45). The van der Waals surface area contributed by atoms with Crippen molar-refractivity contribution in [3.63, 3.8) is 0 Å². The number of rotatable bonds is 6. The lowest BCUT2D eigenvalue weighted by molar-refractivity contribution is -0.142. The van der Waals surface area contributed by atoms with Gasteiger partial charge in [-0.15, -0.1) is 11.3 Å². The van der Waals surface area contributed by atoms with Crippen LogP contribution in [0, 0.1) is 0 Å². The van der Waals surface area contributed by atoms with E-state index in [0.717, 1.165) is 10.4 Å². The van der Waals surface area contributed by atoms with Gasteiger partial charge in [-0.2, -0.15) is 0 Å². The van der Waals surface area contributed by atoms with E-state index in [1.54, 1.807) is 55.5 Å². The molecule has 4 atom stereocenters. The third-order valence-corrected chi connectivity index (χ3v) is 8.36. The van der Waals surface area contributed by atoms with Crippen LogP contribution in [-0.2, 0) is 48.0 Å². The summed E-state index contributed by atoms with van der Waals surface area (Å²) in [5, 5.41) is 25.1. The van der Waals surface area contributed by atoms with E-state index in [2.05, 4.69) is 26.6 Å². The second-order valence-electron chi connectivity index (χ2n) is 11.0. The predicted octanol–water partition coefficient (Wildman–Crippen LogP) is 1.94. The molecule has 5 rings (SSSR count). The Morgan fingerprint density at radius 1 is 0.739 bits per heavy atom. The van der Waals surface area contributed by atoms with Gasteiger partial charge in [-0.3, -0.25) is 24.0 Å². The van der Waals surface area contributed by atoms with Gasteiger partial charge in [-0.1, -0.05) is 55.5 Å². The van der Waals surface area contributed by atoms with Crippen LogP contribution in [0.3, 0.4) is 0 Å². The number of carboxylic acids is 1. The van der Waals surface area contributed by atoms with Crippen molar-refractivity contribution >= 4 is 52.5 Å². The zero-order chi connectivity index (χ0) is 33.1. The predicted molar refractivity (Wildman–Crippen MR) is 172 cm³/mol. The Kier molecular flexibility index (Phi) is 12.0. The molecule has 5 amide bonds. The number of thiophene rings is 1. The lowest BCUT2D eigenvalue weighted by Crippen LogP contribution is -2.58. The van der Waals surface area contributed by atoms with E-state index in [-0.39, 0.29) is 38.5 Å².